The van der Waals surface area contributed by atoms with Crippen LogP contribution in [0.3, 0.4) is 0 Å². The Balaban J connectivity index is 0. The number of hydrogen-bond donors (Lipinski definition) is 0. The van der Waals surface area contributed by atoms with E-state index in [1.807, 2.05) is 0 Å². The van der Waals surface area contributed by atoms with Gasteiger partial charge in [0.2, 0.25) is 0 Å². The summed E-state index contributed by atoms with van der Waals surface area (Å²) in [4.78, 5) is 0. The van der Waals surface area contributed by atoms with E-state index in [-0.39, 0.29) is 17.0 Å². The summed E-state index contributed by atoms with van der Waals surface area (Å²) in [5.41, 5.74) is 0. The first-order valence-corrected chi connectivity index (χ1v) is 9.29. The molecule has 0 heterocycles. The van der Waals surface area contributed by atoms with E-state index in [4.69, 9.17) is 0 Å². The summed E-state index contributed by atoms with van der Waals surface area (Å²) in [6.45, 7) is 12.5. The van der Waals surface area contributed by atoms with E-state index in [2.05, 4.69) is 39.2 Å². The van der Waals surface area contributed by atoms with Crippen molar-refractivity contribution in [3.05, 3.63) is 25.3 Å². The van der Waals surface area contributed by atoms with Gasteiger partial charge in [0.05, 0.1) is 0 Å². The molecule has 0 unspecified atom stereocenters. The molecule has 0 aromatic carbocycles. The molecule has 0 aromatic heterocycles. The first kappa shape index (κ1) is 18.7. The normalized spacial score (nSPS) is 11.6. The zero-order chi connectivity index (χ0) is 11.6. The zero-order valence-electron chi connectivity index (χ0n) is 11.1. The van der Waals surface area contributed by atoms with E-state index in [1.165, 1.54) is 50.3 Å². The second kappa shape index (κ2) is 11.9. The molecule has 0 fully saturated rings. The molecule has 98 valence electrons. The van der Waals surface area contributed by atoms with Crippen molar-refractivity contribution >= 4 is 24.2 Å². The molecule has 0 aliphatic heterocycles. The van der Waals surface area contributed by atoms with Crippen LogP contribution < -0.4 is 0 Å². The van der Waals surface area contributed by atoms with Gasteiger partial charge in [-0.3, -0.25) is 0 Å². The fourth-order valence-electron chi connectivity index (χ4n) is 2.33. The third-order valence-corrected chi connectivity index (χ3v) is 8.41. The number of unbranched alkanes of at least 4 members (excludes halogenated alkanes) is 2. The monoisotopic (exact) mass is 308 g/mol. The molecular weight excluding hydrogens is 279 g/mol. The molecule has 0 spiro atoms. The molecule has 16 heavy (non-hydrogen) atoms. The first-order valence-electron chi connectivity index (χ1n) is 6.46. The second-order valence-electron chi connectivity index (χ2n) is 4.69. The molecule has 0 bridgehead atoms. The average Bonchev–Trinajstić information content (AvgIpc) is 2.24. The minimum atomic E-state index is -1.07. The standard InChI is InChI=1S/C14H29P.BrH/c1-5-9-13-15(11-7-3,12-8-4)14-10-6-2;/h7-8,15H,3-6,9-14H2,1-2H3;1H. The molecule has 0 rings (SSSR count). The number of allylic oxidation sites excluding steroid dienone is 2. The Morgan fingerprint density at radius 3 is 1.50 bits per heavy atom. The predicted molar refractivity (Wildman–Crippen MR) is 88.3 cm³/mol. The Morgan fingerprint density at radius 2 is 1.25 bits per heavy atom. The number of halogens is 1. The second-order valence-corrected chi connectivity index (χ2v) is 9.51. The van der Waals surface area contributed by atoms with Crippen LogP contribution in [0, 0.1) is 0 Å². The van der Waals surface area contributed by atoms with Crippen LogP contribution in [-0.4, -0.2) is 24.6 Å². The Labute approximate surface area is 114 Å². The number of hydrogen-bond acceptors (Lipinski definition) is 0. The summed E-state index contributed by atoms with van der Waals surface area (Å²) in [6.07, 6.45) is 15.3. The fraction of sp³-hybridized carbons (Fsp3) is 0.714. The molecule has 0 aromatic rings. The van der Waals surface area contributed by atoms with Gasteiger partial charge in [-0.05, 0) is 0 Å². The van der Waals surface area contributed by atoms with Crippen molar-refractivity contribution in [2.45, 2.75) is 39.5 Å². The van der Waals surface area contributed by atoms with Crippen LogP contribution in [0.15, 0.2) is 25.3 Å². The summed E-state index contributed by atoms with van der Waals surface area (Å²) in [5.74, 6) is 0. The van der Waals surface area contributed by atoms with Crippen molar-refractivity contribution in [3.63, 3.8) is 0 Å². The zero-order valence-corrected chi connectivity index (χ0v) is 13.8. The number of rotatable bonds is 10. The van der Waals surface area contributed by atoms with E-state index >= 15 is 0 Å². The van der Waals surface area contributed by atoms with E-state index < -0.39 is 7.26 Å². The van der Waals surface area contributed by atoms with Gasteiger partial charge in [0.25, 0.3) is 0 Å². The molecule has 0 nitrogen and oxygen atoms in total. The van der Waals surface area contributed by atoms with Gasteiger partial charge < -0.3 is 0 Å². The summed E-state index contributed by atoms with van der Waals surface area (Å²) in [7, 11) is -1.07. The Hall–Kier alpha value is 0.390. The van der Waals surface area contributed by atoms with E-state index in [0.29, 0.717) is 0 Å². The van der Waals surface area contributed by atoms with Gasteiger partial charge in [-0.15, -0.1) is 17.0 Å². The van der Waals surface area contributed by atoms with Crippen LogP contribution in [0.25, 0.3) is 0 Å². The topological polar surface area (TPSA) is 0 Å². The molecule has 0 aliphatic carbocycles. The molecule has 0 atom stereocenters. The third-order valence-electron chi connectivity index (χ3n) is 3.28. The van der Waals surface area contributed by atoms with E-state index in [0.717, 1.165) is 0 Å². The van der Waals surface area contributed by atoms with Gasteiger partial charge in [-0.1, -0.05) is 0 Å². The van der Waals surface area contributed by atoms with Crippen molar-refractivity contribution in [3.8, 4) is 0 Å². The van der Waals surface area contributed by atoms with Crippen LogP contribution in [0.4, 0.5) is 0 Å². The van der Waals surface area contributed by atoms with Crippen molar-refractivity contribution in [2.75, 3.05) is 24.6 Å². The molecular formula is C14H30BrP. The molecule has 2 heteroatoms. The van der Waals surface area contributed by atoms with Gasteiger partial charge in [0, 0.05) is 0 Å². The van der Waals surface area contributed by atoms with Gasteiger partial charge in [0.1, 0.15) is 0 Å². The van der Waals surface area contributed by atoms with Crippen molar-refractivity contribution in [2.24, 2.45) is 0 Å². The van der Waals surface area contributed by atoms with Crippen LogP contribution in [0.2, 0.25) is 0 Å². The van der Waals surface area contributed by atoms with Gasteiger partial charge in [0.15, 0.2) is 0 Å². The summed E-state index contributed by atoms with van der Waals surface area (Å²) in [6, 6.07) is 0. The maximum atomic E-state index is 3.94. The van der Waals surface area contributed by atoms with Gasteiger partial charge in [-0.2, -0.15) is 0 Å². The summed E-state index contributed by atoms with van der Waals surface area (Å²) < 4.78 is 0. The first-order chi connectivity index (χ1) is 7.24. The molecule has 0 radical (unpaired) electrons. The SMILES string of the molecule is Br.C=CC[PH](CC=C)(CCCC)CCCC. The molecule has 0 N–H and O–H groups in total. The minimum absolute atomic E-state index is 0. The van der Waals surface area contributed by atoms with Crippen molar-refractivity contribution in [1.29, 1.82) is 0 Å². The quantitative estimate of drug-likeness (QED) is 0.380. The van der Waals surface area contributed by atoms with Crippen LogP contribution in [0.5, 0.6) is 0 Å². The predicted octanol–water partition coefficient (Wildman–Crippen LogP) is 5.29. The van der Waals surface area contributed by atoms with Gasteiger partial charge in [-0.25, -0.2) is 0 Å². The summed E-state index contributed by atoms with van der Waals surface area (Å²) in [5, 5.41) is 0. The molecule has 0 saturated heterocycles. The maximum absolute atomic E-state index is 3.94. The summed E-state index contributed by atoms with van der Waals surface area (Å²) >= 11 is 0. The molecule has 0 aliphatic rings. The Kier molecular flexibility index (Phi) is 13.9. The van der Waals surface area contributed by atoms with E-state index in [1.54, 1.807) is 0 Å². The fourth-order valence-corrected chi connectivity index (χ4v) is 7.00. The third kappa shape index (κ3) is 7.63. The van der Waals surface area contributed by atoms with E-state index in [9.17, 15) is 0 Å². The van der Waals surface area contributed by atoms with Crippen molar-refractivity contribution < 1.29 is 0 Å². The van der Waals surface area contributed by atoms with Crippen LogP contribution in [-0.2, 0) is 0 Å². The average molecular weight is 309 g/mol. The van der Waals surface area contributed by atoms with Crippen LogP contribution >= 0.6 is 24.2 Å². The molecule has 0 amide bonds. The Morgan fingerprint density at radius 1 is 0.875 bits per heavy atom. The van der Waals surface area contributed by atoms with Crippen LogP contribution in [0.1, 0.15) is 39.5 Å². The van der Waals surface area contributed by atoms with Gasteiger partial charge >= 0.3 is 96.8 Å². The van der Waals surface area contributed by atoms with Crippen molar-refractivity contribution in [1.82, 2.24) is 0 Å². The molecule has 0 saturated carbocycles. The Bertz CT molecular complexity index is 158.